The van der Waals surface area contributed by atoms with Crippen molar-refractivity contribution in [1.29, 1.82) is 0 Å². The van der Waals surface area contributed by atoms with E-state index in [1.165, 1.54) is 0 Å². The molecule has 6 nitrogen and oxygen atoms in total. The van der Waals surface area contributed by atoms with Gasteiger partial charge in [-0.1, -0.05) is 119 Å². The van der Waals surface area contributed by atoms with Crippen LogP contribution in [-0.4, -0.2) is 11.0 Å². The third-order valence-corrected chi connectivity index (χ3v) is 6.65. The molecule has 36 heavy (non-hydrogen) atoms. The Kier molecular flexibility index (Phi) is 8.67. The van der Waals surface area contributed by atoms with Gasteiger partial charge in [0.1, 0.15) is 6.10 Å². The van der Waals surface area contributed by atoms with E-state index in [9.17, 15) is 9.46 Å². The summed E-state index contributed by atoms with van der Waals surface area (Å²) in [6, 6.07) is 5.69. The van der Waals surface area contributed by atoms with Crippen molar-refractivity contribution in [3.05, 3.63) is 64.8 Å². The number of hydrogen-bond donors (Lipinski definition) is 1. The summed E-state index contributed by atoms with van der Waals surface area (Å²) >= 11 is 0. The fourth-order valence-electron chi connectivity index (χ4n) is 3.77. The van der Waals surface area contributed by atoms with Gasteiger partial charge in [0, 0.05) is 5.56 Å². The van der Waals surface area contributed by atoms with E-state index in [0.717, 1.165) is 22.3 Å². The number of hydrogen-bond acceptors (Lipinski definition) is 5. The average molecular weight is 521 g/mol. The Morgan fingerprint density at radius 3 is 1.86 bits per heavy atom. The molecule has 1 aliphatic carbocycles. The summed E-state index contributed by atoms with van der Waals surface area (Å²) in [6.07, 6.45) is 3.24. The molecular formula is C29H45O6P. The molecule has 0 bridgehead atoms. The van der Waals surface area contributed by atoms with Crippen LogP contribution in [-0.2, 0) is 29.6 Å². The van der Waals surface area contributed by atoms with Gasteiger partial charge in [0.2, 0.25) is 0 Å². The number of allylic oxidation sites excluding steroid dienone is 2. The molecule has 0 saturated carbocycles. The Morgan fingerprint density at radius 1 is 0.806 bits per heavy atom. The molecule has 0 amide bonds. The van der Waals surface area contributed by atoms with Crippen LogP contribution in [0.2, 0.25) is 0 Å². The summed E-state index contributed by atoms with van der Waals surface area (Å²) in [5, 5.41) is 0. The van der Waals surface area contributed by atoms with Crippen molar-refractivity contribution in [3.63, 3.8) is 0 Å². The molecule has 0 spiro atoms. The SMILES string of the molecule is C=C1C=C(C(C)(C)C)C=C(C(C)(C)C)C1OOP(=O)(O)OOc1ccc(C(C)(C)C)cc1C(C)(C)C. The van der Waals surface area contributed by atoms with Crippen molar-refractivity contribution in [2.45, 2.75) is 100 Å². The van der Waals surface area contributed by atoms with Crippen LogP contribution in [0.4, 0.5) is 0 Å². The van der Waals surface area contributed by atoms with Crippen molar-refractivity contribution >= 4 is 7.82 Å². The molecule has 0 aromatic heterocycles. The van der Waals surface area contributed by atoms with Crippen molar-refractivity contribution in [3.8, 4) is 5.75 Å². The van der Waals surface area contributed by atoms with Gasteiger partial charge in [-0.05, 0) is 50.0 Å². The second-order valence-electron chi connectivity index (χ2n) is 13.7. The van der Waals surface area contributed by atoms with Gasteiger partial charge in [-0.15, -0.1) is 4.67 Å². The standard InChI is InChI=1S/C29H45O6P/c1-19-16-21(27(5,6)7)18-23(29(11,12)13)25(19)33-35-36(30,31)34-32-24-15-14-20(26(2,3)4)17-22(24)28(8,9)10/h14-18,25H,1H2,2-13H3,(H,30,31). The van der Waals surface area contributed by atoms with Crippen molar-refractivity contribution in [1.82, 2.24) is 0 Å². The van der Waals surface area contributed by atoms with Crippen LogP contribution in [0.1, 0.15) is 94.2 Å². The van der Waals surface area contributed by atoms with Crippen LogP contribution in [0.5, 0.6) is 5.75 Å². The molecule has 1 aromatic carbocycles. The molecule has 2 rings (SSSR count). The van der Waals surface area contributed by atoms with Gasteiger partial charge in [0.25, 0.3) is 0 Å². The minimum atomic E-state index is -4.73. The molecule has 1 aliphatic rings. The van der Waals surface area contributed by atoms with E-state index in [2.05, 4.69) is 54.2 Å². The zero-order valence-electron chi connectivity index (χ0n) is 24.1. The quantitative estimate of drug-likeness (QED) is 0.230. The van der Waals surface area contributed by atoms with E-state index in [-0.39, 0.29) is 21.7 Å². The molecule has 0 saturated heterocycles. The van der Waals surface area contributed by atoms with Gasteiger partial charge < -0.3 is 4.89 Å². The molecule has 1 aromatic rings. The lowest BCUT2D eigenvalue weighted by Gasteiger charge is -2.35. The molecule has 0 heterocycles. The fourth-order valence-corrected chi connectivity index (χ4v) is 4.16. The van der Waals surface area contributed by atoms with Crippen LogP contribution in [0.25, 0.3) is 0 Å². The Bertz CT molecular complexity index is 1080. The van der Waals surface area contributed by atoms with Crippen LogP contribution in [0.3, 0.4) is 0 Å². The van der Waals surface area contributed by atoms with Crippen LogP contribution < -0.4 is 4.89 Å². The second kappa shape index (κ2) is 10.2. The lowest BCUT2D eigenvalue weighted by molar-refractivity contribution is -0.263. The monoisotopic (exact) mass is 520 g/mol. The minimum Gasteiger partial charge on any atom is -0.327 e. The highest BCUT2D eigenvalue weighted by Crippen LogP contribution is 2.48. The second-order valence-corrected chi connectivity index (χ2v) is 14.9. The molecule has 0 aliphatic heterocycles. The number of phosphoric acid groups is 1. The topological polar surface area (TPSA) is 74.2 Å². The first-order valence-corrected chi connectivity index (χ1v) is 13.8. The van der Waals surface area contributed by atoms with Crippen molar-refractivity contribution < 1.29 is 28.6 Å². The normalized spacial score (nSPS) is 19.5. The summed E-state index contributed by atoms with van der Waals surface area (Å²) in [7, 11) is -4.73. The number of benzene rings is 1. The average Bonchev–Trinajstić information content (AvgIpc) is 2.68. The molecule has 2 atom stereocenters. The van der Waals surface area contributed by atoms with Gasteiger partial charge in [-0.3, -0.25) is 4.89 Å². The van der Waals surface area contributed by atoms with E-state index in [4.69, 9.17) is 19.1 Å². The van der Waals surface area contributed by atoms with Gasteiger partial charge in [0.05, 0.1) is 0 Å². The summed E-state index contributed by atoms with van der Waals surface area (Å²) in [5.41, 5.74) is 3.81. The highest BCUT2D eigenvalue weighted by atomic mass is 31.2. The molecule has 7 heteroatoms. The molecule has 0 radical (unpaired) electrons. The van der Waals surface area contributed by atoms with E-state index < -0.39 is 13.9 Å². The smallest absolute Gasteiger partial charge is 0.327 e. The Hall–Kier alpha value is -1.69. The highest BCUT2D eigenvalue weighted by molar-refractivity contribution is 7.47. The summed E-state index contributed by atoms with van der Waals surface area (Å²) in [5.74, 6) is 0.337. The minimum absolute atomic E-state index is 0.0649. The zero-order valence-corrected chi connectivity index (χ0v) is 25.0. The van der Waals surface area contributed by atoms with Crippen LogP contribution in [0, 0.1) is 10.8 Å². The van der Waals surface area contributed by atoms with Crippen molar-refractivity contribution in [2.75, 3.05) is 0 Å². The molecule has 1 N–H and O–H groups in total. The zero-order chi connectivity index (χ0) is 27.9. The molecule has 202 valence electrons. The van der Waals surface area contributed by atoms with Crippen LogP contribution >= 0.6 is 7.82 Å². The molecular weight excluding hydrogens is 475 g/mol. The predicted octanol–water partition coefficient (Wildman–Crippen LogP) is 8.52. The Morgan fingerprint density at radius 2 is 1.39 bits per heavy atom. The Labute approximate surface area is 217 Å². The van der Waals surface area contributed by atoms with Gasteiger partial charge >= 0.3 is 7.82 Å². The summed E-state index contributed by atoms with van der Waals surface area (Å²) < 4.78 is 22.5. The Balaban J connectivity index is 2.21. The van der Waals surface area contributed by atoms with E-state index >= 15 is 0 Å². The van der Waals surface area contributed by atoms with Gasteiger partial charge in [-0.2, -0.15) is 0 Å². The maximum Gasteiger partial charge on any atom is 0.535 e. The highest BCUT2D eigenvalue weighted by Gasteiger charge is 2.36. The first-order chi connectivity index (χ1) is 16.0. The lowest BCUT2D eigenvalue weighted by atomic mass is 9.73. The summed E-state index contributed by atoms with van der Waals surface area (Å²) in [6.45, 7) is 29.1. The van der Waals surface area contributed by atoms with E-state index in [0.29, 0.717) is 11.3 Å². The lowest BCUT2D eigenvalue weighted by Crippen LogP contribution is -2.30. The molecule has 2 unspecified atom stereocenters. The largest absolute Gasteiger partial charge is 0.535 e. The number of rotatable bonds is 6. The van der Waals surface area contributed by atoms with Gasteiger partial charge in [0.15, 0.2) is 5.75 Å². The van der Waals surface area contributed by atoms with E-state index in [1.807, 2.05) is 59.8 Å². The maximum absolute atomic E-state index is 12.7. The van der Waals surface area contributed by atoms with Crippen molar-refractivity contribution in [2.24, 2.45) is 10.8 Å². The fraction of sp³-hybridized carbons (Fsp3) is 0.586. The van der Waals surface area contributed by atoms with Crippen LogP contribution in [0.15, 0.2) is 53.6 Å². The van der Waals surface area contributed by atoms with Gasteiger partial charge in [-0.25, -0.2) is 9.45 Å². The third kappa shape index (κ3) is 7.90. The first kappa shape index (κ1) is 30.5. The predicted molar refractivity (Wildman–Crippen MR) is 146 cm³/mol. The third-order valence-electron chi connectivity index (χ3n) is 6.11. The summed E-state index contributed by atoms with van der Waals surface area (Å²) in [4.78, 5) is 21.2. The van der Waals surface area contributed by atoms with E-state index in [1.54, 1.807) is 6.07 Å². The maximum atomic E-state index is 12.7. The first-order valence-electron chi connectivity index (χ1n) is 12.3. The molecule has 0 fully saturated rings.